The predicted octanol–water partition coefficient (Wildman–Crippen LogP) is 2.71. The highest BCUT2D eigenvalue weighted by atomic mass is 19.4. The summed E-state index contributed by atoms with van der Waals surface area (Å²) in [6, 6.07) is 3.15. The van der Waals surface area contributed by atoms with Crippen molar-refractivity contribution in [1.29, 1.82) is 0 Å². The molecule has 2 N–H and O–H groups in total. The van der Waals surface area contributed by atoms with Crippen molar-refractivity contribution in [3.05, 3.63) is 30.0 Å². The zero-order valence-corrected chi connectivity index (χ0v) is 21.5. The standard InChI is InChI=1S/C24H28F3N7O5/c1-13(24(25,26)27)28-21(35)16-4-5-17-20(29-16)34(14-8-9-33(17)10-14)22(36)30-18-6-7-19(32-31-18)37-11-15-12-38-23(2,3)39-15/h4-7,13-15H,8-12H2,1-3H3,(H,28,35)(H,30,31,36)/t13-,14+,15-/m1/s1. The van der Waals surface area contributed by atoms with Crippen molar-refractivity contribution in [1.82, 2.24) is 20.5 Å². The van der Waals surface area contributed by atoms with E-state index in [0.717, 1.165) is 6.92 Å². The molecule has 3 atom stereocenters. The molecule has 210 valence electrons. The van der Waals surface area contributed by atoms with E-state index in [0.29, 0.717) is 31.8 Å². The number of fused-ring (bicyclic) bond motifs is 4. The van der Waals surface area contributed by atoms with Crippen LogP contribution in [0.2, 0.25) is 0 Å². The summed E-state index contributed by atoms with van der Waals surface area (Å²) in [5.74, 6) is -1.08. The summed E-state index contributed by atoms with van der Waals surface area (Å²) >= 11 is 0. The Bertz CT molecular complexity index is 1240. The van der Waals surface area contributed by atoms with Gasteiger partial charge in [0.15, 0.2) is 17.4 Å². The van der Waals surface area contributed by atoms with Crippen LogP contribution in [0.5, 0.6) is 5.88 Å². The van der Waals surface area contributed by atoms with Crippen LogP contribution in [-0.4, -0.2) is 83.6 Å². The minimum absolute atomic E-state index is 0.156. The van der Waals surface area contributed by atoms with E-state index in [4.69, 9.17) is 14.2 Å². The molecule has 2 aromatic rings. The molecular weight excluding hydrogens is 523 g/mol. The number of ether oxygens (including phenoxy) is 3. The third-order valence-corrected chi connectivity index (χ3v) is 6.60. The van der Waals surface area contributed by atoms with Crippen LogP contribution in [0.3, 0.4) is 0 Å². The predicted molar refractivity (Wildman–Crippen MR) is 132 cm³/mol. The second-order valence-electron chi connectivity index (χ2n) is 9.98. The van der Waals surface area contributed by atoms with Crippen molar-refractivity contribution >= 4 is 29.3 Å². The maximum Gasteiger partial charge on any atom is 0.408 e. The number of alkyl halides is 3. The molecular formula is C24H28F3N7O5. The van der Waals surface area contributed by atoms with Crippen LogP contribution in [-0.2, 0) is 9.47 Å². The number of nitrogens with zero attached hydrogens (tertiary/aromatic N) is 5. The molecule has 3 amide bonds. The molecule has 12 nitrogen and oxygen atoms in total. The van der Waals surface area contributed by atoms with E-state index in [1.54, 1.807) is 12.1 Å². The van der Waals surface area contributed by atoms with Gasteiger partial charge in [0.2, 0.25) is 5.88 Å². The van der Waals surface area contributed by atoms with Crippen LogP contribution in [0.1, 0.15) is 37.7 Å². The molecule has 2 saturated heterocycles. The van der Waals surface area contributed by atoms with Crippen molar-refractivity contribution < 1.29 is 37.0 Å². The number of urea groups is 1. The lowest BCUT2D eigenvalue weighted by Gasteiger charge is -2.35. The molecule has 2 bridgehead atoms. The number of amides is 3. The van der Waals surface area contributed by atoms with E-state index in [1.807, 2.05) is 24.1 Å². The third-order valence-electron chi connectivity index (χ3n) is 6.60. The number of hydrogen-bond acceptors (Lipinski definition) is 9. The lowest BCUT2D eigenvalue weighted by atomic mass is 10.1. The number of halogens is 3. The highest BCUT2D eigenvalue weighted by Gasteiger charge is 2.41. The Morgan fingerprint density at radius 3 is 2.69 bits per heavy atom. The highest BCUT2D eigenvalue weighted by molar-refractivity contribution is 6.05. The van der Waals surface area contributed by atoms with Crippen LogP contribution in [0.4, 0.5) is 35.3 Å². The highest BCUT2D eigenvalue weighted by Crippen LogP contribution is 2.39. The Labute approximate surface area is 221 Å². The molecule has 5 rings (SSSR count). The Morgan fingerprint density at radius 1 is 1.23 bits per heavy atom. The molecule has 0 spiro atoms. The quantitative estimate of drug-likeness (QED) is 0.556. The van der Waals surface area contributed by atoms with E-state index in [-0.39, 0.29) is 42.0 Å². The van der Waals surface area contributed by atoms with Gasteiger partial charge in [0, 0.05) is 19.2 Å². The van der Waals surface area contributed by atoms with Crippen LogP contribution < -0.4 is 25.2 Å². The van der Waals surface area contributed by atoms with Crippen LogP contribution >= 0.6 is 0 Å². The molecule has 0 aliphatic carbocycles. The number of aromatic nitrogens is 3. The minimum atomic E-state index is -4.60. The summed E-state index contributed by atoms with van der Waals surface area (Å²) in [5.41, 5.74) is 0.377. The molecule has 0 radical (unpaired) electrons. The van der Waals surface area contributed by atoms with Gasteiger partial charge in [-0.2, -0.15) is 13.2 Å². The molecule has 5 heterocycles. The summed E-state index contributed by atoms with van der Waals surface area (Å²) in [6.45, 7) is 6.30. The third kappa shape index (κ3) is 5.83. The SMILES string of the molecule is C[C@@H](NC(=O)c1ccc2c(n1)N(C(=O)Nc1ccc(OC[C@@H]3COC(C)(C)O3)nn1)[C@H]1CCN2C1)C(F)(F)F. The van der Waals surface area contributed by atoms with E-state index in [2.05, 4.69) is 20.5 Å². The van der Waals surface area contributed by atoms with E-state index in [1.165, 1.54) is 17.0 Å². The van der Waals surface area contributed by atoms with Crippen molar-refractivity contribution in [2.45, 2.75) is 57.3 Å². The first-order chi connectivity index (χ1) is 18.4. The fourth-order valence-electron chi connectivity index (χ4n) is 4.61. The Morgan fingerprint density at radius 2 is 2.03 bits per heavy atom. The molecule has 0 saturated carbocycles. The van der Waals surface area contributed by atoms with Crippen molar-refractivity contribution in [3.63, 3.8) is 0 Å². The first-order valence-corrected chi connectivity index (χ1v) is 12.4. The molecule has 0 aromatic carbocycles. The fourth-order valence-corrected chi connectivity index (χ4v) is 4.61. The number of pyridine rings is 1. The topological polar surface area (TPSA) is 131 Å². The van der Waals surface area contributed by atoms with Crippen molar-refractivity contribution in [2.24, 2.45) is 0 Å². The molecule has 39 heavy (non-hydrogen) atoms. The lowest BCUT2D eigenvalue weighted by Crippen LogP contribution is -2.49. The van der Waals surface area contributed by atoms with E-state index in [9.17, 15) is 22.8 Å². The zero-order chi connectivity index (χ0) is 27.9. The summed E-state index contributed by atoms with van der Waals surface area (Å²) in [5, 5.41) is 12.6. The number of carbonyl (C=O) groups excluding carboxylic acids is 2. The first-order valence-electron chi connectivity index (χ1n) is 12.4. The second-order valence-corrected chi connectivity index (χ2v) is 9.98. The summed E-state index contributed by atoms with van der Waals surface area (Å²) < 4.78 is 55.5. The van der Waals surface area contributed by atoms with Crippen molar-refractivity contribution in [3.8, 4) is 5.88 Å². The van der Waals surface area contributed by atoms with Crippen LogP contribution in [0, 0.1) is 0 Å². The molecule has 3 aliphatic heterocycles. The van der Waals surface area contributed by atoms with Gasteiger partial charge in [0.05, 0.1) is 18.3 Å². The van der Waals surface area contributed by atoms with Gasteiger partial charge in [0.1, 0.15) is 24.4 Å². The van der Waals surface area contributed by atoms with Crippen LogP contribution in [0.25, 0.3) is 0 Å². The summed E-state index contributed by atoms with van der Waals surface area (Å²) in [4.78, 5) is 33.5. The summed E-state index contributed by atoms with van der Waals surface area (Å²) in [6.07, 6.45) is -4.20. The number of carbonyl (C=O) groups is 2. The van der Waals surface area contributed by atoms with Gasteiger partial charge in [-0.1, -0.05) is 0 Å². The Balaban J connectivity index is 1.27. The van der Waals surface area contributed by atoms with Crippen LogP contribution in [0.15, 0.2) is 24.3 Å². The van der Waals surface area contributed by atoms with Gasteiger partial charge in [-0.25, -0.2) is 9.78 Å². The van der Waals surface area contributed by atoms with Gasteiger partial charge in [0.25, 0.3) is 5.91 Å². The van der Waals surface area contributed by atoms with Gasteiger partial charge < -0.3 is 24.4 Å². The zero-order valence-electron chi connectivity index (χ0n) is 21.5. The molecule has 0 unspecified atom stereocenters. The molecule has 2 aromatic heterocycles. The number of rotatable bonds is 6. The molecule has 15 heteroatoms. The van der Waals surface area contributed by atoms with Crippen molar-refractivity contribution in [2.75, 3.05) is 41.4 Å². The fraction of sp³-hybridized carbons (Fsp3) is 0.542. The normalized spacial score (nSPS) is 22.3. The first kappa shape index (κ1) is 26.9. The Kier molecular flexibility index (Phi) is 6.97. The largest absolute Gasteiger partial charge is 0.474 e. The summed E-state index contributed by atoms with van der Waals surface area (Å²) in [7, 11) is 0. The minimum Gasteiger partial charge on any atom is -0.474 e. The maximum absolute atomic E-state index is 13.3. The smallest absolute Gasteiger partial charge is 0.408 e. The van der Waals surface area contributed by atoms with Gasteiger partial charge in [-0.15, -0.1) is 10.2 Å². The average Bonchev–Trinajstić information content (AvgIpc) is 3.45. The second kappa shape index (κ2) is 10.1. The van der Waals surface area contributed by atoms with E-state index >= 15 is 0 Å². The van der Waals surface area contributed by atoms with Gasteiger partial charge in [-0.3, -0.25) is 15.0 Å². The monoisotopic (exact) mass is 551 g/mol. The lowest BCUT2D eigenvalue weighted by molar-refractivity contribution is -0.149. The average molecular weight is 552 g/mol. The Hall–Kier alpha value is -3.72. The molecule has 3 aliphatic rings. The maximum atomic E-state index is 13.3. The number of nitrogens with one attached hydrogen (secondary N) is 2. The molecule has 2 fully saturated rings. The number of hydrogen-bond donors (Lipinski definition) is 2. The van der Waals surface area contributed by atoms with E-state index < -0.39 is 29.9 Å². The number of anilines is 3. The van der Waals surface area contributed by atoms with Gasteiger partial charge in [-0.05, 0) is 45.4 Å². The van der Waals surface area contributed by atoms with Gasteiger partial charge >= 0.3 is 12.2 Å².